The van der Waals surface area contributed by atoms with E-state index in [1.165, 1.54) is 82.3 Å². The van der Waals surface area contributed by atoms with E-state index in [0.717, 1.165) is 13.8 Å². The molecule has 1 heterocycles. The van der Waals surface area contributed by atoms with Crippen molar-refractivity contribution < 1.29 is 75.0 Å². The molecule has 4 aliphatic rings. The molecule has 2 unspecified atom stereocenters. The maximum Gasteiger partial charge on any atom is 0.342 e. The summed E-state index contributed by atoms with van der Waals surface area (Å²) in [5, 5.41) is 29.2. The smallest absolute Gasteiger partial charge is 0.342 e. The zero-order valence-electron chi connectivity index (χ0n) is 42.8. The molecule has 60 heavy (non-hydrogen) atoms. The van der Waals surface area contributed by atoms with Crippen LogP contribution in [-0.2, 0) is 42.9 Å². The van der Waals surface area contributed by atoms with Gasteiger partial charge in [0, 0.05) is 49.5 Å². The average Bonchev–Trinajstić information content (AvgIpc) is 3.22. The molecule has 2 aromatic carbocycles. The number of ether oxygens (including phenoxy) is 5. The van der Waals surface area contributed by atoms with Gasteiger partial charge in [0.25, 0.3) is 0 Å². The number of Topliss-reactive ketones (excluding diaryl/α,β-unsaturated/α-hetero) is 1. The number of amides is 2. The first-order chi connectivity index (χ1) is 31.7. The molecule has 1 aliphatic heterocycles. The number of fused-ring (bicyclic) bond motifs is 5. The highest BCUT2D eigenvalue weighted by Crippen LogP contribution is 2.64. The second-order valence-corrected chi connectivity index (χ2v) is 16.5. The Balaban J connectivity index is 1.50. The number of hydrogen-bond donors (Lipinski definition) is 4. The number of esters is 4. The fourth-order valence-electron chi connectivity index (χ4n) is 9.37. The Morgan fingerprint density at radius 3 is 2.15 bits per heavy atom. The van der Waals surface area contributed by atoms with Crippen LogP contribution < -0.4 is 10.6 Å². The normalized spacial score (nSPS) is 34.2. The lowest BCUT2D eigenvalue weighted by molar-refractivity contribution is -0.311. The summed E-state index contributed by atoms with van der Waals surface area (Å²) in [7, 11) is 0. The minimum absolute atomic E-state index is 0.0206. The predicted octanol–water partition coefficient (Wildman–Crippen LogP) is 4.41. The van der Waals surface area contributed by atoms with Gasteiger partial charge < -0.3 is 44.5 Å². The molecular formula is C45H54N2O13. The molecule has 15 heteroatoms. The van der Waals surface area contributed by atoms with E-state index < -0.39 is 138 Å². The molecule has 3 aliphatic carbocycles. The van der Waals surface area contributed by atoms with Crippen LogP contribution in [0, 0.1) is 22.7 Å². The Morgan fingerprint density at radius 2 is 1.58 bits per heavy atom. The van der Waals surface area contributed by atoms with Crippen LogP contribution in [0.25, 0.3) is 0 Å². The fraction of sp³-hybridized carbons (Fsp3) is 0.511. The molecule has 1 saturated heterocycles. The van der Waals surface area contributed by atoms with Gasteiger partial charge in [-0.3, -0.25) is 14.4 Å². The lowest BCUT2D eigenvalue weighted by Gasteiger charge is -2.65. The third-order valence-corrected chi connectivity index (χ3v) is 12.3. The number of aliphatic hydroxyl groups is 2. The third kappa shape index (κ3) is 7.74. The summed E-state index contributed by atoms with van der Waals surface area (Å²) in [4.78, 5) is 83.8. The highest BCUT2D eigenvalue weighted by molar-refractivity contribution is 5.94. The van der Waals surface area contributed by atoms with Crippen LogP contribution >= 0.6 is 0 Å². The molecule has 1 saturated carbocycles. The van der Waals surface area contributed by atoms with E-state index in [1.54, 1.807) is 23.5 Å². The van der Waals surface area contributed by atoms with Crippen LogP contribution in [0.15, 0.2) is 84.1 Å². The Bertz CT molecular complexity index is 2410. The van der Waals surface area contributed by atoms with Gasteiger partial charge in [-0.05, 0) is 57.7 Å². The molecule has 0 aromatic heterocycles. The van der Waals surface area contributed by atoms with E-state index >= 15 is 4.79 Å². The summed E-state index contributed by atoms with van der Waals surface area (Å²) in [5.41, 5.74) is -11.7. The second kappa shape index (κ2) is 15.9. The minimum Gasteiger partial charge on any atom is -0.455 e. The Morgan fingerprint density at radius 1 is 0.950 bits per heavy atom. The van der Waals surface area contributed by atoms with Crippen molar-refractivity contribution in [3.8, 4) is 0 Å². The number of allylic oxidation sites excluding steroid dienone is 1. The van der Waals surface area contributed by atoms with Crippen LogP contribution in [0.3, 0.4) is 0 Å². The number of rotatable bonds is 9. The van der Waals surface area contributed by atoms with Crippen molar-refractivity contribution in [3.05, 3.63) is 95.3 Å². The molecule has 2 bridgehead atoms. The lowest BCUT2D eigenvalue weighted by Crippen LogP contribution is -2.79. The number of urea groups is 1. The van der Waals surface area contributed by atoms with Crippen LogP contribution in [0.4, 0.5) is 4.79 Å². The van der Waals surface area contributed by atoms with Crippen LogP contribution in [0.2, 0.25) is 0 Å². The first-order valence-electron chi connectivity index (χ1n) is 23.7. The lowest BCUT2D eigenvalue weighted by atomic mass is 9.45. The number of nitrogens with one attached hydrogen (secondary N) is 2. The first-order valence-corrected chi connectivity index (χ1v) is 19.2. The van der Waals surface area contributed by atoms with E-state index in [4.69, 9.17) is 36.0 Å². The first kappa shape index (κ1) is 33.4. The summed E-state index contributed by atoms with van der Waals surface area (Å²) in [6, 6.07) is 11.0. The van der Waals surface area contributed by atoms with Crippen molar-refractivity contribution in [2.75, 3.05) is 6.61 Å². The van der Waals surface area contributed by atoms with Crippen molar-refractivity contribution in [1.29, 1.82) is 0 Å². The summed E-state index contributed by atoms with van der Waals surface area (Å²) < 4.78 is 101. The standard InChI is InChI=1S/C45H54N2O13/c1-24-29(58-39(53)33(50)32(27-16-12-10-13-17-27)46-40(54)47-41(4,5)6)22-45(55)37(59-38(52)28-18-14-11-15-19-28)35-43(9,21-20-30-44(35,23-56-30)60-26(3)49)36(51)34(57-25(2)48)31(24)42(45,7)8/h10-21,30-35,37,50,55H,22-23H2,1-9H3,(H2,46,47,54)/t30-,31?,32+,33-,34-,35?,37+,43-,44+,45-/m1/s1/i4D3,5D3,6D3. The highest BCUT2D eigenvalue weighted by Gasteiger charge is 2.76. The Hall–Kier alpha value is -5.38. The van der Waals surface area contributed by atoms with Gasteiger partial charge in [0.1, 0.15) is 23.6 Å². The Labute approximate surface area is 361 Å². The van der Waals surface area contributed by atoms with Crippen molar-refractivity contribution in [2.24, 2.45) is 22.7 Å². The molecule has 0 spiro atoms. The largest absolute Gasteiger partial charge is 0.455 e. The summed E-state index contributed by atoms with van der Waals surface area (Å²) in [6.07, 6.45) is -4.93. The molecule has 322 valence electrons. The van der Waals surface area contributed by atoms with Gasteiger partial charge in [0.15, 0.2) is 23.6 Å². The number of carbonyl (C=O) groups excluding carboxylic acids is 6. The molecular weight excluding hydrogens is 776 g/mol. The van der Waals surface area contributed by atoms with Gasteiger partial charge >= 0.3 is 29.9 Å². The van der Waals surface area contributed by atoms with Gasteiger partial charge in [0.05, 0.1) is 29.5 Å². The third-order valence-electron chi connectivity index (χ3n) is 12.3. The number of benzene rings is 2. The number of ketones is 1. The maximum absolute atomic E-state index is 15.5. The van der Waals surface area contributed by atoms with Crippen LogP contribution in [0.5, 0.6) is 0 Å². The van der Waals surface area contributed by atoms with Crippen LogP contribution in [0.1, 0.15) is 103 Å². The molecule has 2 aromatic rings. The molecule has 2 fully saturated rings. The topological polar surface area (TPSA) is 213 Å². The minimum atomic E-state index is -3.87. The molecule has 15 nitrogen and oxygen atoms in total. The van der Waals surface area contributed by atoms with E-state index in [9.17, 15) is 34.2 Å². The van der Waals surface area contributed by atoms with Crippen molar-refractivity contribution in [1.82, 2.24) is 10.6 Å². The van der Waals surface area contributed by atoms with Gasteiger partial charge in [-0.25, -0.2) is 14.4 Å². The predicted molar refractivity (Wildman–Crippen MR) is 213 cm³/mol. The van der Waals surface area contributed by atoms with Crippen LogP contribution in [-0.4, -0.2) is 93.7 Å². The summed E-state index contributed by atoms with van der Waals surface area (Å²) >= 11 is 0. The quantitative estimate of drug-likeness (QED) is 0.157. The maximum atomic E-state index is 15.5. The second-order valence-electron chi connectivity index (χ2n) is 16.5. The van der Waals surface area contributed by atoms with E-state index in [2.05, 4.69) is 5.32 Å². The van der Waals surface area contributed by atoms with Gasteiger partial charge in [-0.2, -0.15) is 0 Å². The Kier molecular flexibility index (Phi) is 8.84. The van der Waals surface area contributed by atoms with Crippen molar-refractivity contribution >= 4 is 35.7 Å². The van der Waals surface area contributed by atoms with Gasteiger partial charge in [-0.1, -0.05) is 74.5 Å². The van der Waals surface area contributed by atoms with Crippen molar-refractivity contribution in [3.63, 3.8) is 0 Å². The van der Waals surface area contributed by atoms with E-state index in [1.807, 2.05) is 0 Å². The molecule has 10 atom stereocenters. The van der Waals surface area contributed by atoms with Crippen molar-refractivity contribution in [2.45, 2.75) is 116 Å². The zero-order chi connectivity index (χ0) is 51.7. The molecule has 6 rings (SSSR count). The van der Waals surface area contributed by atoms with E-state index in [0.29, 0.717) is 0 Å². The highest BCUT2D eigenvalue weighted by atomic mass is 16.6. The molecule has 0 radical (unpaired) electrons. The van der Waals surface area contributed by atoms with Gasteiger partial charge in [-0.15, -0.1) is 0 Å². The summed E-state index contributed by atoms with van der Waals surface area (Å²) in [6.45, 7) is -3.87. The zero-order valence-corrected chi connectivity index (χ0v) is 33.8. The summed E-state index contributed by atoms with van der Waals surface area (Å²) in [5.74, 6) is -8.41. The average molecular weight is 840 g/mol. The monoisotopic (exact) mass is 839 g/mol. The number of aliphatic hydroxyl groups excluding tert-OH is 1. The number of hydrogen-bond acceptors (Lipinski definition) is 13. The number of carbonyl (C=O) groups is 6. The van der Waals surface area contributed by atoms with Gasteiger partial charge in [0.2, 0.25) is 0 Å². The molecule has 2 amide bonds. The van der Waals surface area contributed by atoms with E-state index in [-0.39, 0.29) is 23.3 Å². The molecule has 4 N–H and O–H groups in total. The SMILES string of the molecule is [2H]C([2H])([2H])C(NC(=O)N[C@@H](c1ccccc1)[C@@H](O)C(=O)OC1=C(C)C2[C@@H](OC(C)=O)C(=O)[C@]3(C)C=C[C@H]4OC[C@@]4(OC(C)=O)C3[C@H](OC(=O)c3ccccc3)[C@](O)(C1)C2(C)C)(C([2H])([2H])[2H])C([2H])([2H])[2H]. The fourth-order valence-corrected chi connectivity index (χ4v) is 9.37.